The third kappa shape index (κ3) is 1.74. The summed E-state index contributed by atoms with van der Waals surface area (Å²) in [5.74, 6) is -0.115. The molecule has 1 saturated carbocycles. The van der Waals surface area contributed by atoms with E-state index in [0.29, 0.717) is 19.3 Å². The van der Waals surface area contributed by atoms with Gasteiger partial charge in [0.05, 0.1) is 23.2 Å². The van der Waals surface area contributed by atoms with Crippen LogP contribution in [0.4, 0.5) is 0 Å². The first kappa shape index (κ1) is 11.9. The van der Waals surface area contributed by atoms with Crippen LogP contribution in [0.2, 0.25) is 0 Å². The first-order valence-corrected chi connectivity index (χ1v) is 7.59. The van der Waals surface area contributed by atoms with Gasteiger partial charge in [-0.3, -0.25) is 0 Å². The van der Waals surface area contributed by atoms with Gasteiger partial charge >= 0.3 is 0 Å². The van der Waals surface area contributed by atoms with Crippen molar-refractivity contribution in [3.63, 3.8) is 0 Å². The van der Waals surface area contributed by atoms with E-state index >= 15 is 0 Å². The normalized spacial score (nSPS) is 36.8. The number of aliphatic hydroxyl groups is 1. The molecule has 1 N–H and O–H groups in total. The van der Waals surface area contributed by atoms with Gasteiger partial charge in [0.1, 0.15) is 5.41 Å². The quantitative estimate of drug-likeness (QED) is 0.745. The van der Waals surface area contributed by atoms with Crippen molar-refractivity contribution in [2.75, 3.05) is 11.5 Å². The van der Waals surface area contributed by atoms with E-state index < -0.39 is 20.9 Å². The van der Waals surface area contributed by atoms with Gasteiger partial charge in [-0.25, -0.2) is 8.42 Å². The summed E-state index contributed by atoms with van der Waals surface area (Å²) in [4.78, 5) is 0. The molecular formula is C11H17NO3S. The molecule has 1 atom stereocenters. The highest BCUT2D eigenvalue weighted by Crippen LogP contribution is 2.48. The molecule has 0 radical (unpaired) electrons. The molecule has 2 rings (SSSR count). The summed E-state index contributed by atoms with van der Waals surface area (Å²) in [6, 6.07) is 2.11. The van der Waals surface area contributed by atoms with Crippen LogP contribution in [0.1, 0.15) is 38.5 Å². The second-order valence-electron chi connectivity index (χ2n) is 5.13. The van der Waals surface area contributed by atoms with Gasteiger partial charge in [-0.1, -0.05) is 19.3 Å². The minimum atomic E-state index is -3.14. The minimum Gasteiger partial charge on any atom is -0.388 e. The van der Waals surface area contributed by atoms with Crippen molar-refractivity contribution in [3.8, 4) is 6.07 Å². The molecular weight excluding hydrogens is 226 g/mol. The van der Waals surface area contributed by atoms with Gasteiger partial charge in [0.15, 0.2) is 9.84 Å². The Morgan fingerprint density at radius 2 is 1.75 bits per heavy atom. The van der Waals surface area contributed by atoms with Gasteiger partial charge in [0, 0.05) is 0 Å². The Morgan fingerprint density at radius 3 is 2.19 bits per heavy atom. The molecule has 1 unspecified atom stereocenters. The second-order valence-corrected chi connectivity index (χ2v) is 7.31. The second kappa shape index (κ2) is 3.71. The van der Waals surface area contributed by atoms with E-state index in [1.54, 1.807) is 0 Å². The third-order valence-electron chi connectivity index (χ3n) is 4.09. The maximum atomic E-state index is 11.5. The highest BCUT2D eigenvalue weighted by molar-refractivity contribution is 7.91. The summed E-state index contributed by atoms with van der Waals surface area (Å²) in [5.41, 5.74) is -2.13. The maximum Gasteiger partial charge on any atom is 0.152 e. The highest BCUT2D eigenvalue weighted by atomic mass is 32.2. The maximum absolute atomic E-state index is 11.5. The number of rotatable bonds is 1. The number of nitriles is 1. The summed E-state index contributed by atoms with van der Waals surface area (Å²) >= 11 is 0. The van der Waals surface area contributed by atoms with Crippen molar-refractivity contribution in [1.29, 1.82) is 5.26 Å². The lowest BCUT2D eigenvalue weighted by Crippen LogP contribution is -2.49. The molecule has 0 spiro atoms. The lowest BCUT2D eigenvalue weighted by atomic mass is 9.65. The molecule has 1 aliphatic carbocycles. The monoisotopic (exact) mass is 243 g/mol. The average molecular weight is 243 g/mol. The van der Waals surface area contributed by atoms with E-state index in [2.05, 4.69) is 6.07 Å². The van der Waals surface area contributed by atoms with Gasteiger partial charge in [-0.2, -0.15) is 5.26 Å². The summed E-state index contributed by atoms with van der Waals surface area (Å²) in [5, 5.41) is 19.9. The number of hydrogen-bond acceptors (Lipinski definition) is 4. The van der Waals surface area contributed by atoms with Crippen molar-refractivity contribution in [2.24, 2.45) is 5.41 Å². The van der Waals surface area contributed by atoms with Crippen LogP contribution in [0, 0.1) is 16.7 Å². The van der Waals surface area contributed by atoms with Crippen LogP contribution in [0.15, 0.2) is 0 Å². The molecule has 90 valence electrons. The molecule has 0 aromatic heterocycles. The van der Waals surface area contributed by atoms with Crippen LogP contribution in [0.3, 0.4) is 0 Å². The van der Waals surface area contributed by atoms with E-state index in [-0.39, 0.29) is 11.5 Å². The van der Waals surface area contributed by atoms with Gasteiger partial charge in [-0.05, 0) is 19.3 Å². The minimum absolute atomic E-state index is 0.0445. The standard InChI is InChI=1S/C11H17NO3S/c12-8-10(6-7-16(14,15)9-10)11(13)4-2-1-3-5-11/h13H,1-7,9H2. The molecule has 0 bridgehead atoms. The van der Waals surface area contributed by atoms with Gasteiger partial charge < -0.3 is 5.11 Å². The Labute approximate surface area is 96.2 Å². The smallest absolute Gasteiger partial charge is 0.152 e. The average Bonchev–Trinajstić information content (AvgIpc) is 2.57. The number of hydrogen-bond donors (Lipinski definition) is 1. The Bertz CT molecular complexity index is 417. The SMILES string of the molecule is N#CC1(C2(O)CCCCC2)CCS(=O)(=O)C1. The molecule has 1 saturated heterocycles. The van der Waals surface area contributed by atoms with E-state index in [1.807, 2.05) is 0 Å². The van der Waals surface area contributed by atoms with Crippen molar-refractivity contribution >= 4 is 9.84 Å². The molecule has 0 amide bonds. The van der Waals surface area contributed by atoms with Crippen molar-refractivity contribution in [1.82, 2.24) is 0 Å². The third-order valence-corrected chi connectivity index (χ3v) is 5.85. The van der Waals surface area contributed by atoms with Crippen LogP contribution >= 0.6 is 0 Å². The van der Waals surface area contributed by atoms with Gasteiger partial charge in [0.25, 0.3) is 0 Å². The van der Waals surface area contributed by atoms with Crippen LogP contribution < -0.4 is 0 Å². The fourth-order valence-corrected chi connectivity index (χ4v) is 5.06. The predicted octanol–water partition coefficient (Wildman–Crippen LogP) is 1.01. The van der Waals surface area contributed by atoms with E-state index in [0.717, 1.165) is 19.3 Å². The first-order chi connectivity index (χ1) is 7.43. The van der Waals surface area contributed by atoms with Gasteiger partial charge in [-0.15, -0.1) is 0 Å². The van der Waals surface area contributed by atoms with Crippen molar-refractivity contribution in [2.45, 2.75) is 44.1 Å². The largest absolute Gasteiger partial charge is 0.388 e. The lowest BCUT2D eigenvalue weighted by molar-refractivity contribution is -0.0718. The molecule has 1 heterocycles. The highest BCUT2D eigenvalue weighted by Gasteiger charge is 2.56. The Kier molecular flexibility index (Phi) is 2.75. The van der Waals surface area contributed by atoms with Crippen LogP contribution in [-0.4, -0.2) is 30.6 Å². The molecule has 2 aliphatic rings. The zero-order valence-electron chi connectivity index (χ0n) is 9.28. The molecule has 2 fully saturated rings. The van der Waals surface area contributed by atoms with Crippen molar-refractivity contribution in [3.05, 3.63) is 0 Å². The van der Waals surface area contributed by atoms with Crippen molar-refractivity contribution < 1.29 is 13.5 Å². The molecule has 0 aromatic carbocycles. The van der Waals surface area contributed by atoms with E-state index in [9.17, 15) is 18.8 Å². The molecule has 0 aromatic rings. The summed E-state index contributed by atoms with van der Waals surface area (Å²) < 4.78 is 23.1. The first-order valence-electron chi connectivity index (χ1n) is 5.77. The molecule has 16 heavy (non-hydrogen) atoms. The summed E-state index contributed by atoms with van der Waals surface area (Å²) in [7, 11) is -3.14. The number of nitrogens with zero attached hydrogens (tertiary/aromatic N) is 1. The van der Waals surface area contributed by atoms with Crippen LogP contribution in [0.5, 0.6) is 0 Å². The Balaban J connectivity index is 2.33. The fraction of sp³-hybridized carbons (Fsp3) is 0.909. The Morgan fingerprint density at radius 1 is 1.12 bits per heavy atom. The van der Waals surface area contributed by atoms with Gasteiger partial charge in [0.2, 0.25) is 0 Å². The zero-order chi connectivity index (χ0) is 11.9. The molecule has 1 aliphatic heterocycles. The predicted molar refractivity (Wildman–Crippen MR) is 59.4 cm³/mol. The van der Waals surface area contributed by atoms with E-state index in [1.165, 1.54) is 0 Å². The molecule has 4 nitrogen and oxygen atoms in total. The van der Waals surface area contributed by atoms with Crippen LogP contribution in [0.25, 0.3) is 0 Å². The summed E-state index contributed by atoms with van der Waals surface area (Å²) in [6.07, 6.45) is 4.27. The van der Waals surface area contributed by atoms with E-state index in [4.69, 9.17) is 0 Å². The molecule has 5 heteroatoms. The lowest BCUT2D eigenvalue weighted by Gasteiger charge is -2.42. The number of sulfone groups is 1. The summed E-state index contributed by atoms with van der Waals surface area (Å²) in [6.45, 7) is 0. The topological polar surface area (TPSA) is 78.2 Å². The Hall–Kier alpha value is -0.600. The fourth-order valence-electron chi connectivity index (χ4n) is 3.02. The zero-order valence-corrected chi connectivity index (χ0v) is 10.1. The van der Waals surface area contributed by atoms with Crippen LogP contribution in [-0.2, 0) is 9.84 Å².